The topological polar surface area (TPSA) is 634 Å². The van der Waals surface area contributed by atoms with E-state index >= 15 is 0 Å². The third-order valence-electron chi connectivity index (χ3n) is 21.3. The number of hydrogen-bond acceptors (Lipinski definition) is 44. The van der Waals surface area contributed by atoms with Gasteiger partial charge in [-0.25, -0.2) is 62.2 Å². The van der Waals surface area contributed by atoms with Crippen molar-refractivity contribution in [2.24, 2.45) is 0 Å². The molecule has 14 heterocycles. The Kier molecular flexibility index (Phi) is 32.8. The van der Waals surface area contributed by atoms with Crippen molar-refractivity contribution in [2.45, 2.75) is 92.8 Å². The third kappa shape index (κ3) is 26.3. The van der Waals surface area contributed by atoms with Gasteiger partial charge in [0.05, 0.1) is 126 Å². The smallest absolute Gasteiger partial charge is 0.337 e. The largest absolute Gasteiger partial charge is 0.496 e. The molecule has 147 heavy (non-hydrogen) atoms. The molecule has 21 N–H and O–H groups in total. The molecular weight excluding hydrogens is 1920 g/mol. The quantitative estimate of drug-likeness (QED) is 0.0197. The molecule has 0 radical (unpaired) electrons. The van der Waals surface area contributed by atoms with E-state index in [4.69, 9.17) is 72.4 Å². The molecule has 0 fully saturated rings. The standard InChI is InChI=1S/C17H17N5O2.C15H14FN5.C14H15N5O2.C14H15N5OS.3C13H12FN5O/c1-10(13-5-3-4-8-19-13)20-15-12-7-6-11(16(23)24-2)9-14(12)21-17(18)22-15;1-9(12-7-2-3-8-18-12)19-14-10-5-4-6-11(16)13(10)20-15(17)21-14;1-8-6-9(19-21-8)7-16-13-12-10(17-14(15)18-13)4-3-5-11(12)20-2;1-8(13-16-6-7-21-13)17-12-11-9(18-14(15)19-12)4-3-5-10(11)20-2;1-7-4-9(19-20-7)6-16-12-10-3-2-8(14)5-11(10)17-13(15)18-12;1-7-5-8(19-20-7)6-16-12-11-9(14)3-2-4-10(11)17-13(15)18-12;1-7-5-8(19-20-7)6-16-12-9-3-2-4-10(14)11(9)17-13(15)18-12/h3-10H,1-2H3,(H3,18,20,21,22);2-9H,1H3,(H3,17,19,20,21);3-6H,7H2,1-2H3,(H3,15,16,17,18);3-8H,1-2H3,(H3,15,17,18,19);3*2-5H,6H2,1H3,(H3,15,16,17,18)/t10-;9-;;8-;;;/m11.1.../s1. The van der Waals surface area contributed by atoms with Gasteiger partial charge in [-0.15, -0.1) is 11.3 Å². The maximum atomic E-state index is 13.9. The molecule has 21 aromatic rings. The van der Waals surface area contributed by atoms with Gasteiger partial charge < -0.3 is 110 Å². The molecule has 21 rings (SSSR count). The molecule has 0 bridgehead atoms. The summed E-state index contributed by atoms with van der Waals surface area (Å²) in [5, 5.41) is 45.2. The number of nitrogens with one attached hydrogen (secondary N) is 7. The summed E-state index contributed by atoms with van der Waals surface area (Å²) < 4.78 is 90.1. The lowest BCUT2D eigenvalue weighted by Gasteiger charge is -2.16. The molecule has 14 aromatic heterocycles. The predicted octanol–water partition coefficient (Wildman–Crippen LogP) is 17.2. The van der Waals surface area contributed by atoms with E-state index in [1.165, 1.54) is 37.4 Å². The molecule has 0 saturated carbocycles. The minimum atomic E-state index is -0.433. The van der Waals surface area contributed by atoms with Gasteiger partial charge in [0.1, 0.15) is 137 Å². The van der Waals surface area contributed by atoms with Crippen molar-refractivity contribution in [1.82, 2.24) is 105 Å². The number of halogens is 4. The lowest BCUT2D eigenvalue weighted by atomic mass is 10.1. The van der Waals surface area contributed by atoms with Crippen LogP contribution in [0.25, 0.3) is 76.3 Å². The molecule has 48 heteroatoms. The van der Waals surface area contributed by atoms with Crippen molar-refractivity contribution in [1.29, 1.82) is 0 Å². The molecule has 0 amide bonds. The number of nitrogens with zero attached hydrogens (tertiary/aromatic N) is 21. The van der Waals surface area contributed by atoms with Crippen molar-refractivity contribution >= 4 is 176 Å². The fourth-order valence-corrected chi connectivity index (χ4v) is 15.4. The van der Waals surface area contributed by atoms with Gasteiger partial charge >= 0.3 is 5.97 Å². The maximum Gasteiger partial charge on any atom is 0.337 e. The second-order valence-corrected chi connectivity index (χ2v) is 33.0. The Hall–Kier alpha value is -19.3. The number of rotatable bonds is 24. The first-order valence-electron chi connectivity index (χ1n) is 44.9. The van der Waals surface area contributed by atoms with Crippen LogP contribution in [-0.4, -0.2) is 133 Å². The molecular formula is C99H97F4N35O8S. The van der Waals surface area contributed by atoms with E-state index in [1.54, 1.807) is 124 Å². The second kappa shape index (κ2) is 47.3. The van der Waals surface area contributed by atoms with Crippen molar-refractivity contribution in [2.75, 3.05) is 98.7 Å². The number of carbonyl (C=O) groups is 1. The molecule has 0 unspecified atom stereocenters. The Balaban J connectivity index is 0.000000129. The van der Waals surface area contributed by atoms with Gasteiger partial charge in [0.2, 0.25) is 41.6 Å². The molecule has 0 aliphatic heterocycles. The van der Waals surface area contributed by atoms with Gasteiger partial charge in [-0.05, 0) is 164 Å². The van der Waals surface area contributed by atoms with Crippen LogP contribution in [0.3, 0.4) is 0 Å². The summed E-state index contributed by atoms with van der Waals surface area (Å²) in [7, 11) is 4.57. The number of fused-ring (bicyclic) bond motifs is 7. The van der Waals surface area contributed by atoms with Crippen LogP contribution >= 0.6 is 11.3 Å². The Morgan fingerprint density at radius 1 is 0.347 bits per heavy atom. The zero-order valence-electron chi connectivity index (χ0n) is 80.4. The molecule has 0 spiro atoms. The number of nitrogen functional groups attached to an aromatic ring is 7. The number of aromatic nitrogens is 21. The Morgan fingerprint density at radius 3 is 1.16 bits per heavy atom. The van der Waals surface area contributed by atoms with Gasteiger partial charge in [-0.2, -0.15) is 34.9 Å². The number of anilines is 14. The molecule has 43 nitrogen and oxygen atoms in total. The number of nitrogens with two attached hydrogens (primary N) is 7. The van der Waals surface area contributed by atoms with Gasteiger partial charge in [-0.3, -0.25) is 9.97 Å². The van der Waals surface area contributed by atoms with Crippen LogP contribution in [0, 0.1) is 51.0 Å². The van der Waals surface area contributed by atoms with Crippen molar-refractivity contribution in [3.8, 4) is 11.5 Å². The van der Waals surface area contributed by atoms with Gasteiger partial charge in [0.15, 0.2) is 0 Å². The minimum absolute atomic E-state index is 0.0152. The number of ether oxygens (including phenoxy) is 3. The summed E-state index contributed by atoms with van der Waals surface area (Å²) in [4.78, 5) is 82.4. The lowest BCUT2D eigenvalue weighted by Crippen LogP contribution is -2.11. The highest BCUT2D eigenvalue weighted by atomic mass is 32.1. The van der Waals surface area contributed by atoms with Crippen LogP contribution in [0.1, 0.15) is 111 Å². The van der Waals surface area contributed by atoms with Crippen LogP contribution in [0.5, 0.6) is 11.5 Å². The minimum Gasteiger partial charge on any atom is -0.496 e. The number of aryl methyl sites for hydroxylation is 4. The zero-order valence-corrected chi connectivity index (χ0v) is 81.2. The van der Waals surface area contributed by atoms with E-state index in [2.05, 4.69) is 143 Å². The monoisotopic (exact) mass is 2010 g/mol. The summed E-state index contributed by atoms with van der Waals surface area (Å²) >= 11 is 1.59. The van der Waals surface area contributed by atoms with E-state index in [1.807, 2.05) is 132 Å². The van der Waals surface area contributed by atoms with Crippen molar-refractivity contribution in [3.05, 3.63) is 303 Å². The number of pyridine rings is 2. The van der Waals surface area contributed by atoms with Gasteiger partial charge in [-0.1, -0.05) is 63.1 Å². The normalized spacial score (nSPS) is 11.4. The summed E-state index contributed by atoms with van der Waals surface area (Å²) in [6, 6.07) is 53.1. The molecule has 0 saturated heterocycles. The highest BCUT2D eigenvalue weighted by Gasteiger charge is 2.22. The van der Waals surface area contributed by atoms with Gasteiger partial charge in [0.25, 0.3) is 0 Å². The average Bonchev–Trinajstić information content (AvgIpc) is 1.44. The summed E-state index contributed by atoms with van der Waals surface area (Å²) in [5.74, 6) is 6.73. The van der Waals surface area contributed by atoms with Crippen molar-refractivity contribution < 1.29 is 54.7 Å². The molecule has 3 atom stereocenters. The zero-order chi connectivity index (χ0) is 104. The van der Waals surface area contributed by atoms with Crippen molar-refractivity contribution in [3.63, 3.8) is 0 Å². The summed E-state index contributed by atoms with van der Waals surface area (Å²) in [5.41, 5.74) is 48.3. The summed E-state index contributed by atoms with van der Waals surface area (Å²) in [6.07, 6.45) is 5.24. The molecule has 0 aliphatic rings. The Morgan fingerprint density at radius 2 is 0.714 bits per heavy atom. The number of carbonyl (C=O) groups excluding carboxylic acids is 1. The number of para-hydroxylation sites is 2. The number of esters is 1. The highest BCUT2D eigenvalue weighted by molar-refractivity contribution is 7.09. The molecule has 7 aromatic carbocycles. The van der Waals surface area contributed by atoms with Crippen LogP contribution in [0.2, 0.25) is 0 Å². The Bertz CT molecular complexity index is 8150. The predicted molar refractivity (Wildman–Crippen MR) is 553 cm³/mol. The summed E-state index contributed by atoms with van der Waals surface area (Å²) in [6.45, 7) is 14.9. The van der Waals surface area contributed by atoms with Crippen LogP contribution < -0.4 is 86.8 Å². The van der Waals surface area contributed by atoms with E-state index in [0.717, 1.165) is 78.0 Å². The number of methoxy groups -OCH3 is 3. The molecule has 750 valence electrons. The van der Waals surface area contributed by atoms with E-state index < -0.39 is 23.4 Å². The molecule has 0 aliphatic carbocycles. The highest BCUT2D eigenvalue weighted by Crippen LogP contribution is 2.37. The van der Waals surface area contributed by atoms with E-state index in [0.29, 0.717) is 134 Å². The number of thiazole rings is 1. The first kappa shape index (κ1) is 102. The van der Waals surface area contributed by atoms with Crippen LogP contribution in [-0.2, 0) is 30.9 Å². The van der Waals surface area contributed by atoms with E-state index in [-0.39, 0.29) is 76.6 Å². The first-order valence-corrected chi connectivity index (χ1v) is 45.7. The van der Waals surface area contributed by atoms with Gasteiger partial charge in [0, 0.05) is 75.8 Å². The fourth-order valence-electron chi connectivity index (χ4n) is 14.7. The Labute approximate surface area is 837 Å². The van der Waals surface area contributed by atoms with Crippen LogP contribution in [0.15, 0.2) is 230 Å². The number of hydrogen-bond donors (Lipinski definition) is 14. The SMILES string of the molecule is COC(=O)c1ccc2c(N[C@H](C)c3ccccn3)nc(N)nc2c1.COc1cccc2nc(N)nc(NCc3cc(C)on3)c12.COc1cccc2nc(N)nc(N[C@H](C)c3nccs3)c12.C[C@@H](Nc1nc(N)nc2c(F)cccc12)c1ccccn1.Cc1cc(CNc2nc(N)nc3c(F)cccc23)no1.Cc1cc(CNc2nc(N)nc3cc(F)ccc23)no1.Cc1cc(CNc2nc(N)nc3cccc(F)c23)no1. The maximum absolute atomic E-state index is 13.9. The first-order chi connectivity index (χ1) is 71.0. The van der Waals surface area contributed by atoms with E-state index in [9.17, 15) is 22.4 Å². The second-order valence-electron chi connectivity index (χ2n) is 32.1. The number of benzene rings is 7. The fraction of sp³-hybridized carbons (Fsp3) is 0.172. The third-order valence-corrected chi connectivity index (χ3v) is 22.3. The lowest BCUT2D eigenvalue weighted by molar-refractivity contribution is 0.0600. The average molecular weight is 2010 g/mol. The van der Waals surface area contributed by atoms with Crippen LogP contribution in [0.4, 0.5) is 99.9 Å².